The maximum Gasteiger partial charge on any atom is 0.315 e. The maximum atomic E-state index is 13.2. The number of benzene rings is 2. The van der Waals surface area contributed by atoms with Gasteiger partial charge in [-0.25, -0.2) is 13.2 Å². The van der Waals surface area contributed by atoms with E-state index in [2.05, 4.69) is 10.6 Å². The summed E-state index contributed by atoms with van der Waals surface area (Å²) >= 11 is 0. The Kier molecular flexibility index (Phi) is 5.81. The summed E-state index contributed by atoms with van der Waals surface area (Å²) in [6.45, 7) is 3.32. The van der Waals surface area contributed by atoms with Gasteiger partial charge in [-0.15, -0.1) is 0 Å². The number of hydrogen-bond donors (Lipinski definition) is 2. The van der Waals surface area contributed by atoms with Crippen LogP contribution < -0.4 is 20.1 Å². The van der Waals surface area contributed by atoms with Crippen molar-refractivity contribution in [3.05, 3.63) is 48.5 Å². The average Bonchev–Trinajstić information content (AvgIpc) is 3.14. The van der Waals surface area contributed by atoms with E-state index < -0.39 is 15.6 Å². The molecule has 2 aliphatic rings. The third kappa shape index (κ3) is 4.47. The van der Waals surface area contributed by atoms with Gasteiger partial charge in [0.1, 0.15) is 17.2 Å². The first kappa shape index (κ1) is 21.5. The molecule has 2 aromatic rings. The van der Waals surface area contributed by atoms with E-state index in [9.17, 15) is 13.2 Å². The number of urea groups is 1. The van der Waals surface area contributed by atoms with Crippen molar-refractivity contribution in [2.24, 2.45) is 5.92 Å². The lowest BCUT2D eigenvalue weighted by molar-refractivity contribution is 0.174. The molecule has 2 heterocycles. The number of carbonyl (C=O) groups is 1. The summed E-state index contributed by atoms with van der Waals surface area (Å²) in [5.74, 6) is 1.96. The summed E-state index contributed by atoms with van der Waals surface area (Å²) in [6.07, 6.45) is 1.63. The minimum atomic E-state index is -3.64. The van der Waals surface area contributed by atoms with Gasteiger partial charge in [0, 0.05) is 19.6 Å². The Balaban J connectivity index is 1.46. The van der Waals surface area contributed by atoms with Crippen LogP contribution >= 0.6 is 0 Å². The minimum Gasteiger partial charge on any atom is -0.497 e. The van der Waals surface area contributed by atoms with Gasteiger partial charge in [0.25, 0.3) is 0 Å². The first-order valence-electron chi connectivity index (χ1n) is 10.3. The van der Waals surface area contributed by atoms with E-state index in [0.29, 0.717) is 31.1 Å². The molecule has 31 heavy (non-hydrogen) atoms. The van der Waals surface area contributed by atoms with Crippen molar-refractivity contribution in [1.29, 1.82) is 0 Å². The molecule has 0 aliphatic carbocycles. The van der Waals surface area contributed by atoms with Crippen molar-refractivity contribution in [2.75, 3.05) is 26.7 Å². The number of amides is 2. The summed E-state index contributed by atoms with van der Waals surface area (Å²) in [6, 6.07) is 13.4. The Morgan fingerprint density at radius 2 is 1.65 bits per heavy atom. The van der Waals surface area contributed by atoms with Gasteiger partial charge in [0.2, 0.25) is 10.0 Å². The van der Waals surface area contributed by atoms with Crippen molar-refractivity contribution < 1.29 is 22.7 Å². The van der Waals surface area contributed by atoms with Crippen LogP contribution in [-0.2, 0) is 10.0 Å². The summed E-state index contributed by atoms with van der Waals surface area (Å²) in [4.78, 5) is 11.9. The van der Waals surface area contributed by atoms with E-state index >= 15 is 0 Å². The molecule has 9 heteroatoms. The first-order chi connectivity index (χ1) is 14.8. The van der Waals surface area contributed by atoms with Crippen LogP contribution in [0.15, 0.2) is 53.4 Å². The monoisotopic (exact) mass is 445 g/mol. The van der Waals surface area contributed by atoms with Crippen LogP contribution in [0.25, 0.3) is 0 Å². The van der Waals surface area contributed by atoms with Gasteiger partial charge < -0.3 is 20.1 Å². The number of rotatable bonds is 6. The fourth-order valence-electron chi connectivity index (χ4n) is 4.15. The molecule has 0 saturated carbocycles. The molecular formula is C22H27N3O5S. The molecule has 0 spiro atoms. The van der Waals surface area contributed by atoms with Gasteiger partial charge in [-0.3, -0.25) is 0 Å². The van der Waals surface area contributed by atoms with E-state index in [1.54, 1.807) is 55.6 Å². The average molecular weight is 446 g/mol. The van der Waals surface area contributed by atoms with Crippen LogP contribution in [0.1, 0.15) is 19.8 Å². The number of hydrogen-bond acceptors (Lipinski definition) is 5. The number of methoxy groups -OCH3 is 1. The molecule has 8 nitrogen and oxygen atoms in total. The highest BCUT2D eigenvalue weighted by Gasteiger charge is 2.44. The van der Waals surface area contributed by atoms with Crippen LogP contribution in [0.5, 0.6) is 17.2 Å². The van der Waals surface area contributed by atoms with Gasteiger partial charge in [-0.2, -0.15) is 4.31 Å². The van der Waals surface area contributed by atoms with E-state index in [-0.39, 0.29) is 16.8 Å². The topological polar surface area (TPSA) is 97.0 Å². The van der Waals surface area contributed by atoms with Crippen LogP contribution in [0, 0.1) is 5.92 Å². The van der Waals surface area contributed by atoms with E-state index in [0.717, 1.165) is 18.6 Å². The summed E-state index contributed by atoms with van der Waals surface area (Å²) in [7, 11) is -2.04. The maximum absolute atomic E-state index is 13.2. The molecule has 2 aliphatic heterocycles. The zero-order valence-corrected chi connectivity index (χ0v) is 18.4. The Morgan fingerprint density at radius 1 is 1.03 bits per heavy atom. The van der Waals surface area contributed by atoms with Gasteiger partial charge in [-0.1, -0.05) is 0 Å². The third-order valence-electron chi connectivity index (χ3n) is 6.06. The highest BCUT2D eigenvalue weighted by Crippen LogP contribution is 2.32. The third-order valence-corrected chi connectivity index (χ3v) is 7.94. The van der Waals surface area contributed by atoms with Crippen molar-refractivity contribution in [1.82, 2.24) is 14.9 Å². The Morgan fingerprint density at radius 3 is 2.23 bits per heavy atom. The van der Waals surface area contributed by atoms with E-state index in [1.165, 1.54) is 4.31 Å². The van der Waals surface area contributed by atoms with Gasteiger partial charge >= 0.3 is 6.03 Å². The number of ether oxygens (including phenoxy) is 2. The second-order valence-electron chi connectivity index (χ2n) is 8.18. The summed E-state index contributed by atoms with van der Waals surface area (Å²) in [5.41, 5.74) is -0.443. The van der Waals surface area contributed by atoms with Crippen molar-refractivity contribution in [2.45, 2.75) is 30.2 Å². The van der Waals surface area contributed by atoms with Crippen LogP contribution in [0.3, 0.4) is 0 Å². The fourth-order valence-corrected chi connectivity index (χ4v) is 5.67. The van der Waals surface area contributed by atoms with Gasteiger partial charge in [0.05, 0.1) is 17.5 Å². The zero-order chi connectivity index (χ0) is 22.1. The molecule has 2 saturated heterocycles. The molecule has 2 unspecified atom stereocenters. The Labute approximate surface area is 182 Å². The van der Waals surface area contributed by atoms with Crippen molar-refractivity contribution in [3.63, 3.8) is 0 Å². The zero-order valence-electron chi connectivity index (χ0n) is 17.6. The van der Waals surface area contributed by atoms with Crippen LogP contribution in [-0.4, -0.2) is 51.0 Å². The second-order valence-corrected chi connectivity index (χ2v) is 10.1. The first-order valence-corrected chi connectivity index (χ1v) is 11.7. The largest absolute Gasteiger partial charge is 0.497 e. The molecular weight excluding hydrogens is 418 g/mol. The highest BCUT2D eigenvalue weighted by atomic mass is 32.2. The molecule has 0 aromatic heterocycles. The minimum absolute atomic E-state index is 0.0488. The molecule has 166 valence electrons. The Bertz CT molecular complexity index is 1040. The lowest BCUT2D eigenvalue weighted by Crippen LogP contribution is -2.54. The number of carbonyl (C=O) groups excluding carboxylic acids is 1. The quantitative estimate of drug-likeness (QED) is 0.713. The summed E-state index contributed by atoms with van der Waals surface area (Å²) < 4.78 is 38.9. The highest BCUT2D eigenvalue weighted by molar-refractivity contribution is 7.89. The molecule has 0 bridgehead atoms. The normalized spacial score (nSPS) is 24.3. The standard InChI is InChI=1S/C22H27N3O5S/c1-22(15-23-21(26)24-22)16-4-3-13-25(14-16)31(27,28)20-11-9-19(10-12-20)30-18-7-5-17(29-2)6-8-18/h5-12,16H,3-4,13-15H2,1-2H3,(H2,23,24,26). The second kappa shape index (κ2) is 8.39. The van der Waals surface area contributed by atoms with Gasteiger partial charge in [0.15, 0.2) is 0 Å². The van der Waals surface area contributed by atoms with Crippen LogP contribution in [0.4, 0.5) is 4.79 Å². The molecule has 2 fully saturated rings. The number of nitrogens with one attached hydrogen (secondary N) is 2. The SMILES string of the molecule is COc1ccc(Oc2ccc(S(=O)(=O)N3CCCC(C4(C)CNC(=O)N4)C3)cc2)cc1. The molecule has 2 amide bonds. The fraction of sp³-hybridized carbons (Fsp3) is 0.409. The number of nitrogens with zero attached hydrogens (tertiary/aromatic N) is 1. The summed E-state index contributed by atoms with van der Waals surface area (Å²) in [5, 5.41) is 5.74. The van der Waals surface area contributed by atoms with Crippen molar-refractivity contribution >= 4 is 16.1 Å². The smallest absolute Gasteiger partial charge is 0.315 e. The molecule has 2 atom stereocenters. The van der Waals surface area contributed by atoms with Crippen LogP contribution in [0.2, 0.25) is 0 Å². The Hall–Kier alpha value is -2.78. The molecule has 2 N–H and O–H groups in total. The molecule has 2 aromatic carbocycles. The predicted molar refractivity (Wildman–Crippen MR) is 116 cm³/mol. The predicted octanol–water partition coefficient (Wildman–Crippen LogP) is 2.96. The number of piperidine rings is 1. The number of sulfonamides is 1. The lowest BCUT2D eigenvalue weighted by atomic mass is 9.81. The van der Waals surface area contributed by atoms with E-state index in [4.69, 9.17) is 9.47 Å². The molecule has 4 rings (SSSR count). The van der Waals surface area contributed by atoms with Crippen molar-refractivity contribution in [3.8, 4) is 17.2 Å². The molecule has 0 radical (unpaired) electrons. The lowest BCUT2D eigenvalue weighted by Gasteiger charge is -2.40. The van der Waals surface area contributed by atoms with Gasteiger partial charge in [-0.05, 0) is 74.2 Å². The van der Waals surface area contributed by atoms with E-state index in [1.807, 2.05) is 6.92 Å².